The Balaban J connectivity index is 1.44. The van der Waals surface area contributed by atoms with Gasteiger partial charge in [0, 0.05) is 5.56 Å². The first-order chi connectivity index (χ1) is 23.4. The van der Waals surface area contributed by atoms with Crippen LogP contribution in [-0.4, -0.2) is 30.5 Å². The van der Waals surface area contributed by atoms with Crippen LogP contribution in [0.1, 0.15) is 55.9 Å². The van der Waals surface area contributed by atoms with Crippen molar-refractivity contribution in [3.63, 3.8) is 0 Å². The first-order valence-electron chi connectivity index (χ1n) is 14.7. The van der Waals surface area contributed by atoms with Crippen molar-refractivity contribution < 1.29 is 63.7 Å². The second kappa shape index (κ2) is 12.4. The maximum Gasteiger partial charge on any atom is 0.416 e. The summed E-state index contributed by atoms with van der Waals surface area (Å²) in [7, 11) is 1.35. The Kier molecular flexibility index (Phi) is 8.61. The number of ether oxygens (including phenoxy) is 2. The van der Waals surface area contributed by atoms with Crippen LogP contribution in [0.4, 0.5) is 39.5 Å². The summed E-state index contributed by atoms with van der Waals surface area (Å²) in [4.78, 5) is 16.8. The van der Waals surface area contributed by atoms with Crippen molar-refractivity contribution in [3.8, 4) is 28.0 Å². The molecule has 0 bridgehead atoms. The van der Waals surface area contributed by atoms with Crippen LogP contribution >= 0.6 is 0 Å². The lowest BCUT2D eigenvalue weighted by molar-refractivity contribution is -0.143. The Hall–Kier alpha value is -5.05. The van der Waals surface area contributed by atoms with Crippen LogP contribution in [0, 0.1) is 12.8 Å². The summed E-state index contributed by atoms with van der Waals surface area (Å²) in [5.74, 6) is -1.92. The molecule has 6 nitrogen and oxygen atoms in total. The number of carboxylic acid groups (broad SMARTS) is 1. The van der Waals surface area contributed by atoms with Gasteiger partial charge in [-0.2, -0.15) is 39.5 Å². The highest BCUT2D eigenvalue weighted by molar-refractivity contribution is 5.97. The summed E-state index contributed by atoms with van der Waals surface area (Å²) in [6.07, 6.45) is -17.8. The number of fused-ring (bicyclic) bond motifs is 1. The molecule has 262 valence electrons. The van der Waals surface area contributed by atoms with Gasteiger partial charge in [0.1, 0.15) is 17.6 Å². The summed E-state index contributed by atoms with van der Waals surface area (Å²) in [6, 6.07) is 13.3. The predicted octanol–water partition coefficient (Wildman–Crippen LogP) is 9.91. The normalized spacial score (nSPS) is 19.2. The molecule has 3 unspecified atom stereocenters. The number of aromatic carboxylic acids is 1. The molecule has 2 heterocycles. The zero-order valence-electron chi connectivity index (χ0n) is 25.8. The maximum absolute atomic E-state index is 14.0. The molecule has 0 aromatic heterocycles. The Morgan fingerprint density at radius 1 is 0.780 bits per heavy atom. The summed E-state index contributed by atoms with van der Waals surface area (Å²) in [6.45, 7) is 1.35. The quantitative estimate of drug-likeness (QED) is 0.202. The average Bonchev–Trinajstić information content (AvgIpc) is 3.65. The molecule has 1 saturated heterocycles. The fraction of sp³-hybridized carbons (Fsp3) is 0.257. The number of benzene rings is 4. The van der Waals surface area contributed by atoms with Gasteiger partial charge in [-0.05, 0) is 94.9 Å². The maximum atomic E-state index is 14.0. The molecule has 50 heavy (non-hydrogen) atoms. The van der Waals surface area contributed by atoms with E-state index in [1.165, 1.54) is 25.3 Å². The third-order valence-corrected chi connectivity index (χ3v) is 8.60. The lowest BCUT2D eigenvalue weighted by Gasteiger charge is -2.20. The van der Waals surface area contributed by atoms with E-state index in [0.717, 1.165) is 12.1 Å². The van der Waals surface area contributed by atoms with Gasteiger partial charge < -0.3 is 19.4 Å². The van der Waals surface area contributed by atoms with E-state index in [1.807, 2.05) is 0 Å². The SMILES string of the molecule is COc1ccc(-c2ccc(C(=O)O)cc2C)cc1-c1ccc(C(F)(F)F)cc1C1OCC2C1=NOC2c1cc(C(F)(F)F)cc(C(F)(F)F)c1. The van der Waals surface area contributed by atoms with Crippen molar-refractivity contribution in [1.29, 1.82) is 0 Å². The zero-order chi connectivity index (χ0) is 36.3. The van der Waals surface area contributed by atoms with Crippen LogP contribution < -0.4 is 4.74 Å². The van der Waals surface area contributed by atoms with E-state index < -0.39 is 64.9 Å². The number of hydrogen-bond donors (Lipinski definition) is 1. The number of halogens is 9. The van der Waals surface area contributed by atoms with Crippen molar-refractivity contribution in [3.05, 3.63) is 112 Å². The molecule has 0 saturated carbocycles. The van der Waals surface area contributed by atoms with Crippen molar-refractivity contribution in [2.75, 3.05) is 13.7 Å². The van der Waals surface area contributed by atoms with Gasteiger partial charge in [-0.25, -0.2) is 4.79 Å². The number of oxime groups is 1. The Morgan fingerprint density at radius 3 is 2.00 bits per heavy atom. The van der Waals surface area contributed by atoms with Crippen LogP contribution in [0.2, 0.25) is 0 Å². The van der Waals surface area contributed by atoms with Crippen molar-refractivity contribution >= 4 is 11.7 Å². The molecule has 4 aromatic carbocycles. The molecule has 0 amide bonds. The summed E-state index contributed by atoms with van der Waals surface area (Å²) in [5.41, 5.74) is -2.38. The molecule has 0 spiro atoms. The lowest BCUT2D eigenvalue weighted by Crippen LogP contribution is -2.19. The smallest absolute Gasteiger partial charge is 0.416 e. The number of carbonyl (C=O) groups is 1. The molecule has 6 rings (SSSR count). The van der Waals surface area contributed by atoms with Crippen LogP contribution in [0.3, 0.4) is 0 Å². The minimum absolute atomic E-state index is 0.0169. The Morgan fingerprint density at radius 2 is 1.42 bits per heavy atom. The third-order valence-electron chi connectivity index (χ3n) is 8.60. The molecule has 3 atom stereocenters. The number of alkyl halides is 9. The van der Waals surface area contributed by atoms with Gasteiger partial charge in [0.2, 0.25) is 0 Å². The number of rotatable bonds is 6. The molecule has 0 aliphatic carbocycles. The standard InChI is InChI=1S/C35H24F9NO5/c1-16-9-18(32(46)47)3-6-23(16)17-4-8-28(48-2)25(12-17)24-7-5-20(33(36,37)38)14-26(24)31-29-27(15-49-31)30(50-45-29)19-10-21(34(39,40)41)13-22(11-19)35(42,43)44/h3-14,27,30-31H,15H2,1-2H3,(H,46,47). The van der Waals surface area contributed by atoms with Crippen molar-refractivity contribution in [2.24, 2.45) is 11.1 Å². The van der Waals surface area contributed by atoms with E-state index in [9.17, 15) is 49.4 Å². The third kappa shape index (κ3) is 6.49. The van der Waals surface area contributed by atoms with Crippen LogP contribution in [-0.2, 0) is 28.1 Å². The minimum Gasteiger partial charge on any atom is -0.496 e. The lowest BCUT2D eigenvalue weighted by atomic mass is 9.86. The fourth-order valence-corrected chi connectivity index (χ4v) is 6.21. The second-order valence-corrected chi connectivity index (χ2v) is 11.8. The highest BCUT2D eigenvalue weighted by Gasteiger charge is 2.48. The van der Waals surface area contributed by atoms with Gasteiger partial charge in [0.05, 0.1) is 41.9 Å². The fourth-order valence-electron chi connectivity index (χ4n) is 6.21. The molecule has 1 fully saturated rings. The molecule has 2 aliphatic rings. The topological polar surface area (TPSA) is 77.4 Å². The molecule has 1 N–H and O–H groups in total. The molecule has 2 aliphatic heterocycles. The monoisotopic (exact) mass is 709 g/mol. The highest BCUT2D eigenvalue weighted by atomic mass is 19.4. The van der Waals surface area contributed by atoms with Gasteiger partial charge in [0.15, 0.2) is 6.10 Å². The van der Waals surface area contributed by atoms with Gasteiger partial charge in [-0.3, -0.25) is 0 Å². The van der Waals surface area contributed by atoms with Gasteiger partial charge in [-0.15, -0.1) is 0 Å². The molecule has 4 aromatic rings. The highest BCUT2D eigenvalue weighted by Crippen LogP contribution is 2.49. The van der Waals surface area contributed by atoms with Crippen LogP contribution in [0.15, 0.2) is 78.0 Å². The molecule has 0 radical (unpaired) electrons. The van der Waals surface area contributed by atoms with E-state index in [4.69, 9.17) is 14.3 Å². The van der Waals surface area contributed by atoms with Crippen molar-refractivity contribution in [2.45, 2.75) is 37.7 Å². The molecular formula is C35H24F9NO5. The summed E-state index contributed by atoms with van der Waals surface area (Å²) < 4.78 is 135. The van der Waals surface area contributed by atoms with Crippen LogP contribution in [0.25, 0.3) is 22.3 Å². The van der Waals surface area contributed by atoms with Gasteiger partial charge in [0.25, 0.3) is 0 Å². The van der Waals surface area contributed by atoms with Gasteiger partial charge >= 0.3 is 24.5 Å². The first-order valence-corrected chi connectivity index (χ1v) is 14.7. The Labute approximate surface area is 277 Å². The average molecular weight is 710 g/mol. The summed E-state index contributed by atoms with van der Waals surface area (Å²) in [5, 5.41) is 13.3. The number of aryl methyl sites for hydroxylation is 1. The first kappa shape index (κ1) is 34.8. The van der Waals surface area contributed by atoms with Crippen LogP contribution in [0.5, 0.6) is 5.75 Å². The van der Waals surface area contributed by atoms with Gasteiger partial charge in [-0.1, -0.05) is 23.4 Å². The van der Waals surface area contributed by atoms with Crippen molar-refractivity contribution in [1.82, 2.24) is 0 Å². The number of methoxy groups -OCH3 is 1. The number of nitrogens with zero attached hydrogens (tertiary/aromatic N) is 1. The predicted molar refractivity (Wildman–Crippen MR) is 160 cm³/mol. The minimum atomic E-state index is -5.12. The van der Waals surface area contributed by atoms with E-state index >= 15 is 0 Å². The van der Waals surface area contributed by atoms with E-state index in [0.29, 0.717) is 34.4 Å². The molecular weight excluding hydrogens is 685 g/mol. The number of hydrogen-bond acceptors (Lipinski definition) is 5. The zero-order valence-corrected chi connectivity index (χ0v) is 25.8. The Bertz CT molecular complexity index is 1990. The molecule has 15 heteroatoms. The largest absolute Gasteiger partial charge is 0.496 e. The second-order valence-electron chi connectivity index (χ2n) is 11.8. The number of carboxylic acids is 1. The van der Waals surface area contributed by atoms with E-state index in [1.54, 1.807) is 31.2 Å². The van der Waals surface area contributed by atoms with E-state index in [2.05, 4.69) is 5.16 Å². The van der Waals surface area contributed by atoms with E-state index in [-0.39, 0.29) is 40.8 Å². The summed E-state index contributed by atoms with van der Waals surface area (Å²) >= 11 is 0.